The van der Waals surface area contributed by atoms with Crippen molar-refractivity contribution in [2.24, 2.45) is 5.41 Å². The van der Waals surface area contributed by atoms with E-state index in [1.54, 1.807) is 0 Å². The van der Waals surface area contributed by atoms with Crippen molar-refractivity contribution in [3.63, 3.8) is 0 Å². The molecular formula is C12H17N. The number of nitrogens with zero attached hydrogens (tertiary/aromatic N) is 1. The maximum absolute atomic E-state index is 9.16. The van der Waals surface area contributed by atoms with Gasteiger partial charge in [-0.3, -0.25) is 0 Å². The largest absolute Gasteiger partial charge is 0.198 e. The highest BCUT2D eigenvalue weighted by Crippen LogP contribution is 2.41. The molecule has 0 fully saturated rings. The molecule has 0 bridgehead atoms. The van der Waals surface area contributed by atoms with Gasteiger partial charge in [-0.2, -0.15) is 5.26 Å². The molecule has 1 heteroatoms. The first-order chi connectivity index (χ1) is 6.13. The maximum Gasteiger partial charge on any atom is 0.0696 e. The minimum atomic E-state index is -0.147. The van der Waals surface area contributed by atoms with E-state index in [-0.39, 0.29) is 5.41 Å². The summed E-state index contributed by atoms with van der Waals surface area (Å²) < 4.78 is 0. The van der Waals surface area contributed by atoms with E-state index in [0.717, 1.165) is 25.7 Å². The molecule has 1 nitrogen and oxygen atoms in total. The van der Waals surface area contributed by atoms with Crippen LogP contribution in [0.25, 0.3) is 0 Å². The molecule has 0 radical (unpaired) electrons. The molecule has 0 saturated carbocycles. The number of rotatable bonds is 2. The van der Waals surface area contributed by atoms with Crippen LogP contribution in [0.2, 0.25) is 0 Å². The fourth-order valence-electron chi connectivity index (χ4n) is 1.98. The fraction of sp³-hybridized carbons (Fsp3) is 0.583. The summed E-state index contributed by atoms with van der Waals surface area (Å²) in [6.07, 6.45) is 5.71. The Hall–Kier alpha value is -1.03. The van der Waals surface area contributed by atoms with Crippen LogP contribution < -0.4 is 0 Å². The molecule has 70 valence electrons. The first kappa shape index (κ1) is 10.1. The van der Waals surface area contributed by atoms with Crippen molar-refractivity contribution < 1.29 is 0 Å². The molecular weight excluding hydrogens is 158 g/mol. The lowest BCUT2D eigenvalue weighted by Crippen LogP contribution is -2.22. The zero-order valence-electron chi connectivity index (χ0n) is 8.56. The van der Waals surface area contributed by atoms with Crippen LogP contribution in [0, 0.1) is 16.7 Å². The van der Waals surface area contributed by atoms with E-state index < -0.39 is 0 Å². The van der Waals surface area contributed by atoms with Crippen LogP contribution >= 0.6 is 0 Å². The van der Waals surface area contributed by atoms with Gasteiger partial charge in [-0.05, 0) is 39.5 Å². The van der Waals surface area contributed by atoms with Gasteiger partial charge in [-0.1, -0.05) is 17.2 Å². The second kappa shape index (κ2) is 3.79. The average molecular weight is 175 g/mol. The lowest BCUT2D eigenvalue weighted by molar-refractivity contribution is 0.344. The predicted molar refractivity (Wildman–Crippen MR) is 55.1 cm³/mol. The van der Waals surface area contributed by atoms with E-state index in [1.165, 1.54) is 11.1 Å². The molecule has 1 rings (SSSR count). The van der Waals surface area contributed by atoms with E-state index in [4.69, 9.17) is 5.26 Å². The second-order valence-corrected chi connectivity index (χ2v) is 4.12. The Morgan fingerprint density at radius 1 is 1.54 bits per heavy atom. The van der Waals surface area contributed by atoms with Gasteiger partial charge in [0.1, 0.15) is 0 Å². The quantitative estimate of drug-likeness (QED) is 0.588. The van der Waals surface area contributed by atoms with Crippen LogP contribution in [0.3, 0.4) is 0 Å². The normalized spacial score (nSPS) is 28.4. The Balaban J connectivity index is 2.85. The van der Waals surface area contributed by atoms with Crippen molar-refractivity contribution in [1.29, 1.82) is 5.26 Å². The summed E-state index contributed by atoms with van der Waals surface area (Å²) >= 11 is 0. The smallest absolute Gasteiger partial charge is 0.0696 e. The van der Waals surface area contributed by atoms with Crippen LogP contribution in [-0.4, -0.2) is 0 Å². The standard InChI is InChI=1S/C12H17N/c1-4-6-12(9-13)7-5-10(2)11(3)8-12/h4H,1,5-8H2,2-3H3/t12-/m0/s1. The Bertz CT molecular complexity index is 280. The Kier molecular flexibility index (Phi) is 2.93. The molecule has 0 saturated heterocycles. The number of hydrogen-bond acceptors (Lipinski definition) is 1. The minimum absolute atomic E-state index is 0.147. The fourth-order valence-corrected chi connectivity index (χ4v) is 1.98. The summed E-state index contributed by atoms with van der Waals surface area (Å²) in [5.74, 6) is 0. The van der Waals surface area contributed by atoms with Crippen molar-refractivity contribution in [3.05, 3.63) is 23.8 Å². The summed E-state index contributed by atoms with van der Waals surface area (Å²) in [6, 6.07) is 2.46. The zero-order valence-corrected chi connectivity index (χ0v) is 8.56. The SMILES string of the molecule is C=CC[C@]1(C#N)CCC(C)=C(C)C1. The third kappa shape index (κ3) is 2.01. The minimum Gasteiger partial charge on any atom is -0.198 e. The lowest BCUT2D eigenvalue weighted by Gasteiger charge is -2.31. The van der Waals surface area contributed by atoms with E-state index in [9.17, 15) is 0 Å². The van der Waals surface area contributed by atoms with Crippen molar-refractivity contribution in [1.82, 2.24) is 0 Å². The highest BCUT2D eigenvalue weighted by atomic mass is 14.4. The molecule has 0 aromatic heterocycles. The molecule has 1 aliphatic rings. The summed E-state index contributed by atoms with van der Waals surface area (Å²) in [7, 11) is 0. The van der Waals surface area contributed by atoms with Crippen LogP contribution in [0.15, 0.2) is 23.8 Å². The van der Waals surface area contributed by atoms with Crippen LogP contribution in [0.5, 0.6) is 0 Å². The van der Waals surface area contributed by atoms with Gasteiger partial charge in [0.2, 0.25) is 0 Å². The van der Waals surface area contributed by atoms with Gasteiger partial charge < -0.3 is 0 Å². The molecule has 0 spiro atoms. The predicted octanol–water partition coefficient (Wildman–Crippen LogP) is 3.59. The molecule has 0 aromatic rings. The molecule has 1 aliphatic carbocycles. The lowest BCUT2D eigenvalue weighted by atomic mass is 9.71. The van der Waals surface area contributed by atoms with Crippen molar-refractivity contribution in [2.45, 2.75) is 39.5 Å². The number of hydrogen-bond donors (Lipinski definition) is 0. The number of nitriles is 1. The molecule has 0 unspecified atom stereocenters. The number of allylic oxidation sites excluding steroid dienone is 3. The average Bonchev–Trinajstić information content (AvgIpc) is 2.12. The Morgan fingerprint density at radius 3 is 2.69 bits per heavy atom. The van der Waals surface area contributed by atoms with Crippen LogP contribution in [-0.2, 0) is 0 Å². The van der Waals surface area contributed by atoms with Gasteiger partial charge in [0.25, 0.3) is 0 Å². The monoisotopic (exact) mass is 175 g/mol. The molecule has 13 heavy (non-hydrogen) atoms. The summed E-state index contributed by atoms with van der Waals surface area (Å²) in [6.45, 7) is 8.04. The Labute approximate surface area is 80.8 Å². The first-order valence-corrected chi connectivity index (χ1v) is 4.81. The molecule has 0 heterocycles. The van der Waals surface area contributed by atoms with E-state index in [1.807, 2.05) is 6.08 Å². The van der Waals surface area contributed by atoms with Gasteiger partial charge in [0, 0.05) is 0 Å². The maximum atomic E-state index is 9.16. The van der Waals surface area contributed by atoms with Crippen molar-refractivity contribution >= 4 is 0 Å². The third-order valence-electron chi connectivity index (χ3n) is 3.08. The van der Waals surface area contributed by atoms with E-state index >= 15 is 0 Å². The highest BCUT2D eigenvalue weighted by molar-refractivity contribution is 5.21. The van der Waals surface area contributed by atoms with Gasteiger partial charge in [0.15, 0.2) is 0 Å². The van der Waals surface area contributed by atoms with Crippen molar-refractivity contribution in [2.75, 3.05) is 0 Å². The van der Waals surface area contributed by atoms with Gasteiger partial charge in [-0.15, -0.1) is 6.58 Å². The van der Waals surface area contributed by atoms with Crippen molar-refractivity contribution in [3.8, 4) is 6.07 Å². The summed E-state index contributed by atoms with van der Waals surface area (Å²) in [5.41, 5.74) is 2.72. The van der Waals surface area contributed by atoms with Gasteiger partial charge in [0.05, 0.1) is 11.5 Å². The molecule has 0 amide bonds. The second-order valence-electron chi connectivity index (χ2n) is 4.12. The van der Waals surface area contributed by atoms with E-state index in [2.05, 4.69) is 26.5 Å². The first-order valence-electron chi connectivity index (χ1n) is 4.81. The molecule has 0 N–H and O–H groups in total. The molecule has 1 atom stereocenters. The van der Waals surface area contributed by atoms with Crippen LogP contribution in [0.1, 0.15) is 39.5 Å². The topological polar surface area (TPSA) is 23.8 Å². The third-order valence-corrected chi connectivity index (χ3v) is 3.08. The Morgan fingerprint density at radius 2 is 2.23 bits per heavy atom. The van der Waals surface area contributed by atoms with Gasteiger partial charge >= 0.3 is 0 Å². The van der Waals surface area contributed by atoms with Crippen LogP contribution in [0.4, 0.5) is 0 Å². The summed E-state index contributed by atoms with van der Waals surface area (Å²) in [5, 5.41) is 9.16. The van der Waals surface area contributed by atoms with E-state index in [0.29, 0.717) is 0 Å². The summed E-state index contributed by atoms with van der Waals surface area (Å²) in [4.78, 5) is 0. The highest BCUT2D eigenvalue weighted by Gasteiger charge is 2.32. The zero-order chi connectivity index (χ0) is 9.90. The van der Waals surface area contributed by atoms with Gasteiger partial charge in [-0.25, -0.2) is 0 Å². The molecule has 0 aliphatic heterocycles. The molecule has 0 aromatic carbocycles.